The number of nitrogens with one attached hydrogen (secondary N) is 1. The van der Waals surface area contributed by atoms with E-state index in [9.17, 15) is 0 Å². The number of halogens is 1. The van der Waals surface area contributed by atoms with Crippen molar-refractivity contribution in [2.75, 3.05) is 5.32 Å². The van der Waals surface area contributed by atoms with Gasteiger partial charge in [-0.05, 0) is 24.6 Å². The van der Waals surface area contributed by atoms with Gasteiger partial charge < -0.3 is 5.32 Å². The van der Waals surface area contributed by atoms with Crippen molar-refractivity contribution in [3.8, 4) is 0 Å². The molecule has 1 N–H and O–H groups in total. The average Bonchev–Trinajstić information content (AvgIpc) is 2.81. The molecule has 0 aliphatic carbocycles. The number of aryl methyl sites for hydroxylation is 1. The molecule has 0 radical (unpaired) electrons. The van der Waals surface area contributed by atoms with E-state index in [0.717, 1.165) is 28.3 Å². The van der Waals surface area contributed by atoms with Gasteiger partial charge in [0.15, 0.2) is 5.82 Å². The van der Waals surface area contributed by atoms with E-state index in [1.165, 1.54) is 0 Å². The summed E-state index contributed by atoms with van der Waals surface area (Å²) >= 11 is 5.94. The van der Waals surface area contributed by atoms with E-state index >= 15 is 0 Å². The monoisotopic (exact) mass is 272 g/mol. The summed E-state index contributed by atoms with van der Waals surface area (Å²) < 4.78 is 1.81. The van der Waals surface area contributed by atoms with Crippen molar-refractivity contribution in [3.05, 3.63) is 54.0 Å². The van der Waals surface area contributed by atoms with Gasteiger partial charge in [0, 0.05) is 24.0 Å². The van der Waals surface area contributed by atoms with Crippen LogP contribution in [0.4, 0.5) is 11.5 Å². The van der Waals surface area contributed by atoms with Crippen LogP contribution in [0.3, 0.4) is 0 Å². The van der Waals surface area contributed by atoms with E-state index in [2.05, 4.69) is 15.4 Å². The maximum absolute atomic E-state index is 5.94. The third-order valence-corrected chi connectivity index (χ3v) is 3.21. The summed E-state index contributed by atoms with van der Waals surface area (Å²) in [6.07, 6.45) is 3.56. The van der Waals surface area contributed by atoms with E-state index < -0.39 is 0 Å². The first kappa shape index (κ1) is 12.0. The van der Waals surface area contributed by atoms with Gasteiger partial charge in [-0.15, -0.1) is 11.6 Å². The van der Waals surface area contributed by atoms with Crippen molar-refractivity contribution in [2.24, 2.45) is 0 Å². The lowest BCUT2D eigenvalue weighted by Gasteiger charge is -2.10. The Balaban J connectivity index is 2.05. The second-order valence-electron chi connectivity index (χ2n) is 4.31. The van der Waals surface area contributed by atoms with Crippen molar-refractivity contribution in [1.82, 2.24) is 14.6 Å². The highest BCUT2D eigenvalue weighted by molar-refractivity contribution is 6.17. The third-order valence-electron chi connectivity index (χ3n) is 2.93. The van der Waals surface area contributed by atoms with Gasteiger partial charge in [0.2, 0.25) is 0 Å². The maximum atomic E-state index is 5.94. The molecule has 0 bridgehead atoms. The zero-order chi connectivity index (χ0) is 13.2. The number of fused-ring (bicyclic) bond motifs is 1. The van der Waals surface area contributed by atoms with Crippen LogP contribution in [0.1, 0.15) is 11.3 Å². The standard InChI is InChI=1S/C14H13ClN4/c1-10-8-13-14(16-6-7-19(13)18-10)17-12-5-3-2-4-11(12)9-15/h2-8H,9H2,1H3,(H,16,17). The number of nitrogens with zero attached hydrogens (tertiary/aromatic N) is 3. The molecule has 0 aliphatic rings. The van der Waals surface area contributed by atoms with Crippen molar-refractivity contribution in [3.63, 3.8) is 0 Å². The zero-order valence-electron chi connectivity index (χ0n) is 10.5. The molecule has 3 rings (SSSR count). The lowest BCUT2D eigenvalue weighted by atomic mass is 10.2. The summed E-state index contributed by atoms with van der Waals surface area (Å²) in [6, 6.07) is 9.93. The second-order valence-corrected chi connectivity index (χ2v) is 4.57. The average molecular weight is 273 g/mol. The first-order valence-electron chi connectivity index (χ1n) is 6.00. The van der Waals surface area contributed by atoms with Crippen LogP contribution in [-0.2, 0) is 5.88 Å². The number of rotatable bonds is 3. The normalized spacial score (nSPS) is 10.8. The molecule has 4 nitrogen and oxygen atoms in total. The summed E-state index contributed by atoms with van der Waals surface area (Å²) in [7, 11) is 0. The molecule has 0 spiro atoms. The Bertz CT molecular complexity index is 720. The molecule has 0 saturated heterocycles. The quantitative estimate of drug-likeness (QED) is 0.742. The summed E-state index contributed by atoms with van der Waals surface area (Å²) in [4.78, 5) is 4.38. The molecule has 0 saturated carbocycles. The Morgan fingerprint density at radius 1 is 1.32 bits per heavy atom. The predicted molar refractivity (Wildman–Crippen MR) is 77.0 cm³/mol. The van der Waals surface area contributed by atoms with E-state index in [1.807, 2.05) is 48.0 Å². The summed E-state index contributed by atoms with van der Waals surface area (Å²) in [5, 5.41) is 7.69. The summed E-state index contributed by atoms with van der Waals surface area (Å²) in [6.45, 7) is 1.96. The lowest BCUT2D eigenvalue weighted by Crippen LogP contribution is -1.99. The van der Waals surface area contributed by atoms with Crippen molar-refractivity contribution < 1.29 is 0 Å². The molecule has 0 amide bonds. The van der Waals surface area contributed by atoms with E-state index in [1.54, 1.807) is 6.20 Å². The van der Waals surface area contributed by atoms with Crippen LogP contribution >= 0.6 is 11.6 Å². The minimum absolute atomic E-state index is 0.463. The van der Waals surface area contributed by atoms with Gasteiger partial charge in [-0.1, -0.05) is 18.2 Å². The molecule has 0 unspecified atom stereocenters. The Hall–Kier alpha value is -2.07. The largest absolute Gasteiger partial charge is 0.338 e. The van der Waals surface area contributed by atoms with Crippen molar-refractivity contribution in [2.45, 2.75) is 12.8 Å². The summed E-state index contributed by atoms with van der Waals surface area (Å²) in [5.41, 5.74) is 3.92. The van der Waals surface area contributed by atoms with Crippen LogP contribution < -0.4 is 5.32 Å². The van der Waals surface area contributed by atoms with Crippen molar-refractivity contribution >= 4 is 28.6 Å². The molecule has 2 heterocycles. The highest BCUT2D eigenvalue weighted by Crippen LogP contribution is 2.24. The third kappa shape index (κ3) is 2.27. The molecule has 1 aromatic carbocycles. The van der Waals surface area contributed by atoms with Gasteiger partial charge in [-0.3, -0.25) is 0 Å². The highest BCUT2D eigenvalue weighted by atomic mass is 35.5. The van der Waals surface area contributed by atoms with E-state index in [-0.39, 0.29) is 0 Å². The molecule has 0 fully saturated rings. The van der Waals surface area contributed by atoms with Gasteiger partial charge in [-0.2, -0.15) is 5.10 Å². The number of anilines is 2. The van der Waals surface area contributed by atoms with Gasteiger partial charge >= 0.3 is 0 Å². The van der Waals surface area contributed by atoms with Crippen LogP contribution in [0, 0.1) is 6.92 Å². The number of para-hydroxylation sites is 1. The Morgan fingerprint density at radius 2 is 2.16 bits per heavy atom. The molecule has 3 aromatic rings. The number of hydrogen-bond acceptors (Lipinski definition) is 3. The number of alkyl halides is 1. The smallest absolute Gasteiger partial charge is 0.156 e. The minimum atomic E-state index is 0.463. The van der Waals surface area contributed by atoms with Crippen LogP contribution in [0.2, 0.25) is 0 Å². The molecule has 5 heteroatoms. The number of aromatic nitrogens is 3. The van der Waals surface area contributed by atoms with Crippen LogP contribution in [-0.4, -0.2) is 14.6 Å². The molecule has 2 aromatic heterocycles. The fraction of sp³-hybridized carbons (Fsp3) is 0.143. The van der Waals surface area contributed by atoms with Gasteiger partial charge in [-0.25, -0.2) is 9.50 Å². The fourth-order valence-corrected chi connectivity index (χ4v) is 2.26. The lowest BCUT2D eigenvalue weighted by molar-refractivity contribution is 0.924. The number of benzene rings is 1. The van der Waals surface area contributed by atoms with E-state index in [4.69, 9.17) is 11.6 Å². The number of hydrogen-bond donors (Lipinski definition) is 1. The Labute approximate surface area is 116 Å². The molecule has 0 aliphatic heterocycles. The maximum Gasteiger partial charge on any atom is 0.156 e. The van der Waals surface area contributed by atoms with Gasteiger partial charge in [0.1, 0.15) is 5.52 Å². The van der Waals surface area contributed by atoms with Gasteiger partial charge in [0.05, 0.1) is 5.69 Å². The molecule has 19 heavy (non-hydrogen) atoms. The highest BCUT2D eigenvalue weighted by Gasteiger charge is 2.07. The predicted octanol–water partition coefficient (Wildman–Crippen LogP) is 3.52. The van der Waals surface area contributed by atoms with Crippen LogP contribution in [0.5, 0.6) is 0 Å². The van der Waals surface area contributed by atoms with Crippen LogP contribution in [0.15, 0.2) is 42.7 Å². The first-order chi connectivity index (χ1) is 9.28. The minimum Gasteiger partial charge on any atom is -0.338 e. The Kier molecular flexibility index (Phi) is 3.09. The molecular formula is C14H13ClN4. The fourth-order valence-electron chi connectivity index (χ4n) is 2.03. The van der Waals surface area contributed by atoms with Gasteiger partial charge in [0.25, 0.3) is 0 Å². The van der Waals surface area contributed by atoms with E-state index in [0.29, 0.717) is 5.88 Å². The first-order valence-corrected chi connectivity index (χ1v) is 6.53. The van der Waals surface area contributed by atoms with Crippen molar-refractivity contribution in [1.29, 1.82) is 0 Å². The zero-order valence-corrected chi connectivity index (χ0v) is 11.2. The second kappa shape index (κ2) is 4.90. The van der Waals surface area contributed by atoms with Crippen LogP contribution in [0.25, 0.3) is 5.52 Å². The SMILES string of the molecule is Cc1cc2c(Nc3ccccc3CCl)nccn2n1. The topological polar surface area (TPSA) is 42.2 Å². The molecule has 96 valence electrons. The molecule has 0 atom stereocenters. The Morgan fingerprint density at radius 3 is 3.00 bits per heavy atom. The molecular weight excluding hydrogens is 260 g/mol. The summed E-state index contributed by atoms with van der Waals surface area (Å²) in [5.74, 6) is 1.24.